The minimum atomic E-state index is 0.381. The Balaban J connectivity index is 2.24. The first-order chi connectivity index (χ1) is 8.63. The van der Waals surface area contributed by atoms with Crippen molar-refractivity contribution in [1.82, 2.24) is 9.97 Å². The van der Waals surface area contributed by atoms with Crippen LogP contribution in [0.5, 0.6) is 0 Å². The van der Waals surface area contributed by atoms with E-state index in [9.17, 15) is 0 Å². The Morgan fingerprint density at radius 2 is 1.94 bits per heavy atom. The Hall–Kier alpha value is -1.58. The highest BCUT2D eigenvalue weighted by atomic mass is 35.5. The van der Waals surface area contributed by atoms with Crippen LogP contribution in [0.15, 0.2) is 34.7 Å². The molecule has 2 heterocycles. The third-order valence-electron chi connectivity index (χ3n) is 2.55. The number of furan rings is 1. The molecule has 18 heavy (non-hydrogen) atoms. The first kappa shape index (κ1) is 11.5. The molecule has 0 unspecified atom stereocenters. The van der Waals surface area contributed by atoms with Crippen molar-refractivity contribution < 1.29 is 4.42 Å². The number of aryl methyl sites for hydroxylation is 1. The molecular formula is C13H8Cl2N2O. The van der Waals surface area contributed by atoms with Crippen LogP contribution in [0.3, 0.4) is 0 Å². The summed E-state index contributed by atoms with van der Waals surface area (Å²) in [6.07, 6.45) is 0. The second-order valence-corrected chi connectivity index (χ2v) is 4.72. The van der Waals surface area contributed by atoms with Crippen LogP contribution in [-0.2, 0) is 0 Å². The largest absolute Gasteiger partial charge is 0.443 e. The van der Waals surface area contributed by atoms with Crippen LogP contribution in [0.25, 0.3) is 22.5 Å². The number of aromatic nitrogens is 2. The van der Waals surface area contributed by atoms with E-state index in [4.69, 9.17) is 27.6 Å². The monoisotopic (exact) mass is 278 g/mol. The predicted molar refractivity (Wildman–Crippen MR) is 72.0 cm³/mol. The quantitative estimate of drug-likeness (QED) is 0.615. The zero-order valence-electron chi connectivity index (χ0n) is 9.45. The van der Waals surface area contributed by atoms with Gasteiger partial charge in [-0.1, -0.05) is 35.3 Å². The van der Waals surface area contributed by atoms with Gasteiger partial charge in [0.2, 0.25) is 5.71 Å². The Kier molecular flexibility index (Phi) is 2.73. The molecule has 0 atom stereocenters. The van der Waals surface area contributed by atoms with Gasteiger partial charge in [0.15, 0.2) is 5.82 Å². The first-order valence-electron chi connectivity index (χ1n) is 5.33. The molecule has 0 aliphatic heterocycles. The lowest BCUT2D eigenvalue weighted by Gasteiger charge is -2.01. The maximum absolute atomic E-state index is 6.12. The van der Waals surface area contributed by atoms with E-state index in [0.717, 1.165) is 16.7 Å². The van der Waals surface area contributed by atoms with Crippen molar-refractivity contribution in [3.8, 4) is 11.4 Å². The van der Waals surface area contributed by atoms with Crippen molar-refractivity contribution in [3.63, 3.8) is 0 Å². The van der Waals surface area contributed by atoms with Crippen molar-refractivity contribution in [2.75, 3.05) is 0 Å². The molecule has 0 aliphatic carbocycles. The van der Waals surface area contributed by atoms with Gasteiger partial charge in [-0.3, -0.25) is 0 Å². The number of rotatable bonds is 1. The molecule has 0 aliphatic rings. The summed E-state index contributed by atoms with van der Waals surface area (Å²) in [5.74, 6) is 1.26. The summed E-state index contributed by atoms with van der Waals surface area (Å²) in [7, 11) is 0. The van der Waals surface area contributed by atoms with Gasteiger partial charge in [0.05, 0.1) is 5.39 Å². The molecule has 0 N–H and O–H groups in total. The Morgan fingerprint density at radius 1 is 1.11 bits per heavy atom. The minimum absolute atomic E-state index is 0.381. The molecule has 0 saturated carbocycles. The lowest BCUT2D eigenvalue weighted by Crippen LogP contribution is -1.89. The summed E-state index contributed by atoms with van der Waals surface area (Å²) in [6.45, 7) is 1.84. The third kappa shape index (κ3) is 1.96. The highest BCUT2D eigenvalue weighted by Crippen LogP contribution is 2.27. The summed E-state index contributed by atoms with van der Waals surface area (Å²) in [5, 5.41) is 1.73. The molecule has 0 bridgehead atoms. The van der Waals surface area contributed by atoms with Crippen LogP contribution >= 0.6 is 23.2 Å². The number of hydrogen-bond donors (Lipinski definition) is 0. The SMILES string of the molecule is Cc1cc2c(Cl)nc(-c3cccc(Cl)c3)nc2o1. The molecule has 0 fully saturated rings. The van der Waals surface area contributed by atoms with Gasteiger partial charge >= 0.3 is 0 Å². The Bertz CT molecular complexity index is 737. The maximum atomic E-state index is 6.12. The van der Waals surface area contributed by atoms with E-state index in [2.05, 4.69) is 9.97 Å². The fraction of sp³-hybridized carbons (Fsp3) is 0.0769. The number of fused-ring (bicyclic) bond motifs is 1. The zero-order valence-corrected chi connectivity index (χ0v) is 11.0. The number of benzene rings is 1. The summed E-state index contributed by atoms with van der Waals surface area (Å²) in [5.41, 5.74) is 1.29. The van der Waals surface area contributed by atoms with E-state index in [1.54, 1.807) is 12.1 Å². The molecule has 2 aromatic heterocycles. The predicted octanol–water partition coefficient (Wildman–Crippen LogP) is 4.51. The molecule has 90 valence electrons. The van der Waals surface area contributed by atoms with E-state index < -0.39 is 0 Å². The van der Waals surface area contributed by atoms with Crippen molar-refractivity contribution in [1.29, 1.82) is 0 Å². The van der Waals surface area contributed by atoms with Gasteiger partial charge in [0, 0.05) is 10.6 Å². The summed E-state index contributed by atoms with van der Waals surface area (Å²) >= 11 is 12.1. The second kappa shape index (κ2) is 4.26. The first-order valence-corrected chi connectivity index (χ1v) is 6.09. The molecule has 0 amide bonds. The maximum Gasteiger partial charge on any atom is 0.231 e. The zero-order chi connectivity index (χ0) is 12.7. The van der Waals surface area contributed by atoms with Crippen LogP contribution < -0.4 is 0 Å². The number of nitrogens with zero attached hydrogens (tertiary/aromatic N) is 2. The van der Waals surface area contributed by atoms with Gasteiger partial charge in [0.25, 0.3) is 0 Å². The lowest BCUT2D eigenvalue weighted by molar-refractivity contribution is 0.567. The molecule has 0 spiro atoms. The van der Waals surface area contributed by atoms with Crippen molar-refractivity contribution in [2.24, 2.45) is 0 Å². The average Bonchev–Trinajstić information content (AvgIpc) is 2.70. The van der Waals surface area contributed by atoms with Gasteiger partial charge in [0.1, 0.15) is 10.9 Å². The molecule has 1 aromatic carbocycles. The van der Waals surface area contributed by atoms with Crippen LogP contribution in [0, 0.1) is 6.92 Å². The normalized spacial score (nSPS) is 11.1. The van der Waals surface area contributed by atoms with Gasteiger partial charge in [-0.05, 0) is 25.1 Å². The van der Waals surface area contributed by atoms with E-state index in [-0.39, 0.29) is 0 Å². The molecule has 0 saturated heterocycles. The van der Waals surface area contributed by atoms with Gasteiger partial charge in [-0.25, -0.2) is 4.98 Å². The Morgan fingerprint density at radius 3 is 2.72 bits per heavy atom. The smallest absolute Gasteiger partial charge is 0.231 e. The van der Waals surface area contributed by atoms with Crippen molar-refractivity contribution in [2.45, 2.75) is 6.92 Å². The average molecular weight is 279 g/mol. The van der Waals surface area contributed by atoms with E-state index in [1.165, 1.54) is 0 Å². The number of hydrogen-bond acceptors (Lipinski definition) is 3. The molecule has 3 aromatic rings. The van der Waals surface area contributed by atoms with E-state index >= 15 is 0 Å². The summed E-state index contributed by atoms with van der Waals surface area (Å²) in [6, 6.07) is 9.11. The molecule has 5 heteroatoms. The Labute approximate surface area is 113 Å². The summed E-state index contributed by atoms with van der Waals surface area (Å²) in [4.78, 5) is 8.61. The molecule has 3 nitrogen and oxygen atoms in total. The van der Waals surface area contributed by atoms with E-state index in [1.807, 2.05) is 25.1 Å². The van der Waals surface area contributed by atoms with Gasteiger partial charge in [-0.15, -0.1) is 0 Å². The van der Waals surface area contributed by atoms with Crippen LogP contribution in [0.4, 0.5) is 0 Å². The molecule has 0 radical (unpaired) electrons. The molecule has 3 rings (SSSR count). The van der Waals surface area contributed by atoms with Crippen molar-refractivity contribution in [3.05, 3.63) is 46.3 Å². The number of halogens is 2. The van der Waals surface area contributed by atoms with Gasteiger partial charge in [-0.2, -0.15) is 4.98 Å². The van der Waals surface area contributed by atoms with Crippen molar-refractivity contribution >= 4 is 34.3 Å². The lowest BCUT2D eigenvalue weighted by atomic mass is 10.2. The standard InChI is InChI=1S/C13H8Cl2N2O/c1-7-5-10-11(15)16-12(17-13(10)18-7)8-3-2-4-9(14)6-8/h2-6H,1H3. The highest BCUT2D eigenvalue weighted by molar-refractivity contribution is 6.34. The van der Waals surface area contributed by atoms with E-state index in [0.29, 0.717) is 21.7 Å². The third-order valence-corrected chi connectivity index (χ3v) is 3.08. The van der Waals surface area contributed by atoms with Crippen LogP contribution in [0.2, 0.25) is 10.2 Å². The van der Waals surface area contributed by atoms with Gasteiger partial charge < -0.3 is 4.42 Å². The molecular weight excluding hydrogens is 271 g/mol. The van der Waals surface area contributed by atoms with Crippen LogP contribution in [-0.4, -0.2) is 9.97 Å². The topological polar surface area (TPSA) is 38.9 Å². The summed E-state index contributed by atoms with van der Waals surface area (Å²) < 4.78 is 5.47. The minimum Gasteiger partial charge on any atom is -0.443 e. The second-order valence-electron chi connectivity index (χ2n) is 3.92. The highest BCUT2D eigenvalue weighted by Gasteiger charge is 2.11. The fourth-order valence-electron chi connectivity index (χ4n) is 1.76. The fourth-order valence-corrected chi connectivity index (χ4v) is 2.17. The van der Waals surface area contributed by atoms with Crippen LogP contribution in [0.1, 0.15) is 5.76 Å².